The van der Waals surface area contributed by atoms with Gasteiger partial charge in [0.05, 0.1) is 0 Å². The lowest BCUT2D eigenvalue weighted by molar-refractivity contribution is -0.144. The summed E-state index contributed by atoms with van der Waals surface area (Å²) < 4.78 is 0. The number of amides is 1. The van der Waals surface area contributed by atoms with E-state index >= 15 is 0 Å². The maximum Gasteiger partial charge on any atom is 0.330 e. The summed E-state index contributed by atoms with van der Waals surface area (Å²) in [7, 11) is 0. The summed E-state index contributed by atoms with van der Waals surface area (Å²) in [4.78, 5) is 25.3. The molecule has 0 unspecified atom stereocenters. The van der Waals surface area contributed by atoms with Crippen molar-refractivity contribution in [2.45, 2.75) is 51.5 Å². The molecule has 0 aromatic heterocycles. The Hall–Kier alpha value is -2.88. The average molecular weight is 377 g/mol. The Morgan fingerprint density at radius 2 is 1.75 bits per heavy atom. The van der Waals surface area contributed by atoms with E-state index in [1.807, 2.05) is 43.3 Å². The highest BCUT2D eigenvalue weighted by Crippen LogP contribution is 2.31. The van der Waals surface area contributed by atoms with Crippen LogP contribution in [-0.2, 0) is 24.1 Å². The molecule has 4 nitrogen and oxygen atoms in total. The first kappa shape index (κ1) is 19.9. The summed E-state index contributed by atoms with van der Waals surface area (Å²) in [6.45, 7) is 4.11. The van der Waals surface area contributed by atoms with E-state index in [4.69, 9.17) is 0 Å². The summed E-state index contributed by atoms with van der Waals surface area (Å²) in [5, 5.41) is 12.8. The smallest absolute Gasteiger partial charge is 0.330 e. The molecular weight excluding hydrogens is 350 g/mol. The van der Waals surface area contributed by atoms with Crippen LogP contribution in [0.3, 0.4) is 0 Å². The molecule has 0 atom stereocenters. The van der Waals surface area contributed by atoms with Gasteiger partial charge in [0.25, 0.3) is 5.91 Å². The molecule has 2 aromatic carbocycles. The highest BCUT2D eigenvalue weighted by atomic mass is 16.4. The maximum absolute atomic E-state index is 13.1. The molecule has 28 heavy (non-hydrogen) atoms. The van der Waals surface area contributed by atoms with Crippen molar-refractivity contribution in [2.24, 2.45) is 0 Å². The van der Waals surface area contributed by atoms with Crippen molar-refractivity contribution in [3.8, 4) is 0 Å². The quantitative estimate of drug-likeness (QED) is 0.709. The topological polar surface area (TPSA) is 66.4 Å². The molecule has 146 valence electrons. The molecule has 3 rings (SSSR count). The standard InChI is InChI=1S/C24H27NO3/c1-3-4-5-6-13-20-17(2)10-9-14-21(20)22(26)25-24(23(27)28)15-18-11-7-8-12-19(18)16-24/h5-12,14H,3-4,13,15-16H2,1-2H3,(H,25,26)(H,27,28). The first-order valence-electron chi connectivity index (χ1n) is 9.83. The van der Waals surface area contributed by atoms with Crippen LogP contribution in [0.5, 0.6) is 0 Å². The Labute approximate surface area is 166 Å². The average Bonchev–Trinajstić information content (AvgIpc) is 3.05. The molecule has 2 aromatic rings. The van der Waals surface area contributed by atoms with E-state index in [1.54, 1.807) is 6.07 Å². The molecule has 0 fully saturated rings. The van der Waals surface area contributed by atoms with E-state index < -0.39 is 11.5 Å². The van der Waals surface area contributed by atoms with Crippen LogP contribution in [-0.4, -0.2) is 22.5 Å². The SMILES string of the molecule is CCCC=CCc1c(C)cccc1C(=O)NC1(C(=O)O)Cc2ccccc2C1. The number of allylic oxidation sites excluding steroid dienone is 2. The van der Waals surface area contributed by atoms with Gasteiger partial charge in [-0.25, -0.2) is 4.79 Å². The zero-order valence-corrected chi connectivity index (χ0v) is 16.5. The monoisotopic (exact) mass is 377 g/mol. The summed E-state index contributed by atoms with van der Waals surface area (Å²) in [5.74, 6) is -1.31. The Morgan fingerprint density at radius 1 is 1.07 bits per heavy atom. The fourth-order valence-electron chi connectivity index (χ4n) is 3.86. The molecule has 1 aliphatic carbocycles. The second-order valence-corrected chi connectivity index (χ2v) is 7.53. The third kappa shape index (κ3) is 4.01. The zero-order chi connectivity index (χ0) is 20.1. The minimum Gasteiger partial charge on any atom is -0.479 e. The Bertz CT molecular complexity index is 889. The van der Waals surface area contributed by atoms with Crippen molar-refractivity contribution in [3.63, 3.8) is 0 Å². The molecule has 0 aliphatic heterocycles. The third-order valence-electron chi connectivity index (χ3n) is 5.46. The van der Waals surface area contributed by atoms with Gasteiger partial charge in [-0.15, -0.1) is 0 Å². The third-order valence-corrected chi connectivity index (χ3v) is 5.46. The number of aliphatic carboxylic acids is 1. The number of benzene rings is 2. The number of unbranched alkanes of at least 4 members (excludes halogenated alkanes) is 1. The van der Waals surface area contributed by atoms with Crippen molar-refractivity contribution in [2.75, 3.05) is 0 Å². The highest BCUT2D eigenvalue weighted by Gasteiger charge is 2.45. The largest absolute Gasteiger partial charge is 0.479 e. The van der Waals surface area contributed by atoms with Crippen molar-refractivity contribution in [1.82, 2.24) is 5.32 Å². The molecule has 1 aliphatic rings. The van der Waals surface area contributed by atoms with E-state index in [2.05, 4.69) is 24.4 Å². The number of carboxylic acids is 1. The second kappa shape index (κ2) is 8.42. The molecule has 0 radical (unpaired) electrons. The normalized spacial score (nSPS) is 14.8. The number of hydrogen-bond acceptors (Lipinski definition) is 2. The van der Waals surface area contributed by atoms with Gasteiger partial charge in [0.1, 0.15) is 5.54 Å². The molecule has 0 saturated heterocycles. The lowest BCUT2D eigenvalue weighted by Gasteiger charge is -2.26. The molecule has 0 spiro atoms. The number of nitrogens with one attached hydrogen (secondary N) is 1. The number of fused-ring (bicyclic) bond motifs is 1. The van der Waals surface area contributed by atoms with Gasteiger partial charge in [0.15, 0.2) is 0 Å². The van der Waals surface area contributed by atoms with Gasteiger partial charge >= 0.3 is 5.97 Å². The van der Waals surface area contributed by atoms with Crippen LogP contribution < -0.4 is 5.32 Å². The number of carbonyl (C=O) groups excluding carboxylic acids is 1. The minimum atomic E-state index is -1.29. The Kier molecular flexibility index (Phi) is 5.98. The van der Waals surface area contributed by atoms with Gasteiger partial charge in [-0.1, -0.05) is 61.9 Å². The number of carboxylic acid groups (broad SMARTS) is 1. The summed E-state index contributed by atoms with van der Waals surface area (Å²) in [5.41, 5.74) is 3.21. The summed E-state index contributed by atoms with van der Waals surface area (Å²) >= 11 is 0. The number of carbonyl (C=O) groups is 2. The van der Waals surface area contributed by atoms with Gasteiger partial charge in [0, 0.05) is 18.4 Å². The fourth-order valence-corrected chi connectivity index (χ4v) is 3.86. The van der Waals surface area contributed by atoms with E-state index in [0.717, 1.165) is 35.1 Å². The van der Waals surface area contributed by atoms with Crippen LogP contribution in [0.1, 0.15) is 52.4 Å². The van der Waals surface area contributed by atoms with Crippen LogP contribution in [0, 0.1) is 6.92 Å². The van der Waals surface area contributed by atoms with Crippen molar-refractivity contribution in [3.05, 3.63) is 82.4 Å². The maximum atomic E-state index is 13.1. The summed E-state index contributed by atoms with van der Waals surface area (Å²) in [6.07, 6.45) is 7.58. The van der Waals surface area contributed by atoms with Gasteiger partial charge in [-0.05, 0) is 48.1 Å². The lowest BCUT2D eigenvalue weighted by atomic mass is 9.93. The summed E-state index contributed by atoms with van der Waals surface area (Å²) in [6, 6.07) is 13.3. The molecular formula is C24H27NO3. The van der Waals surface area contributed by atoms with Crippen LogP contribution >= 0.6 is 0 Å². The van der Waals surface area contributed by atoms with Crippen LogP contribution in [0.4, 0.5) is 0 Å². The van der Waals surface area contributed by atoms with Crippen molar-refractivity contribution >= 4 is 11.9 Å². The van der Waals surface area contributed by atoms with Gasteiger partial charge in [-0.2, -0.15) is 0 Å². The molecule has 1 amide bonds. The first-order chi connectivity index (χ1) is 13.5. The Balaban J connectivity index is 1.86. The molecule has 0 bridgehead atoms. The van der Waals surface area contributed by atoms with E-state index in [-0.39, 0.29) is 5.91 Å². The molecule has 0 saturated carbocycles. The second-order valence-electron chi connectivity index (χ2n) is 7.53. The number of rotatable bonds is 7. The van der Waals surface area contributed by atoms with Crippen LogP contribution in [0.25, 0.3) is 0 Å². The van der Waals surface area contributed by atoms with Gasteiger partial charge in [-0.3, -0.25) is 4.79 Å². The van der Waals surface area contributed by atoms with Crippen molar-refractivity contribution < 1.29 is 14.7 Å². The van der Waals surface area contributed by atoms with Crippen LogP contribution in [0.15, 0.2) is 54.6 Å². The zero-order valence-electron chi connectivity index (χ0n) is 16.5. The first-order valence-corrected chi connectivity index (χ1v) is 9.83. The molecule has 4 heteroatoms. The number of hydrogen-bond donors (Lipinski definition) is 2. The predicted octanol–water partition coefficient (Wildman–Crippen LogP) is 4.25. The molecule has 2 N–H and O–H groups in total. The van der Waals surface area contributed by atoms with E-state index in [1.165, 1.54) is 0 Å². The predicted molar refractivity (Wildman–Crippen MR) is 111 cm³/mol. The fraction of sp³-hybridized carbons (Fsp3) is 0.333. The molecule has 0 heterocycles. The van der Waals surface area contributed by atoms with Gasteiger partial charge in [0.2, 0.25) is 0 Å². The Morgan fingerprint density at radius 3 is 2.36 bits per heavy atom. The lowest BCUT2D eigenvalue weighted by Crippen LogP contribution is -2.55. The van der Waals surface area contributed by atoms with E-state index in [0.29, 0.717) is 24.8 Å². The van der Waals surface area contributed by atoms with E-state index in [9.17, 15) is 14.7 Å². The number of aryl methyl sites for hydroxylation is 1. The van der Waals surface area contributed by atoms with Crippen molar-refractivity contribution in [1.29, 1.82) is 0 Å². The minimum absolute atomic E-state index is 0.307. The van der Waals surface area contributed by atoms with Gasteiger partial charge < -0.3 is 10.4 Å². The highest BCUT2D eigenvalue weighted by molar-refractivity contribution is 5.99. The van der Waals surface area contributed by atoms with Crippen LogP contribution in [0.2, 0.25) is 0 Å².